The summed E-state index contributed by atoms with van der Waals surface area (Å²) in [6.07, 6.45) is 0.997. The number of hydrogen-bond acceptors (Lipinski definition) is 2. The molecule has 1 aliphatic heterocycles. The average Bonchev–Trinajstić information content (AvgIpc) is 2.95. The van der Waals surface area contributed by atoms with Gasteiger partial charge in [-0.1, -0.05) is 27.5 Å². The average molecular weight is 456 g/mol. The van der Waals surface area contributed by atoms with Crippen LogP contribution in [-0.4, -0.2) is 6.61 Å². The second kappa shape index (κ2) is 5.31. The van der Waals surface area contributed by atoms with Gasteiger partial charge in [0.1, 0.15) is 5.75 Å². The highest BCUT2D eigenvalue weighted by Crippen LogP contribution is 2.45. The van der Waals surface area contributed by atoms with Crippen molar-refractivity contribution in [3.63, 3.8) is 0 Å². The third-order valence-electron chi connectivity index (χ3n) is 2.93. The minimum atomic E-state index is 0.103. The minimum Gasteiger partial charge on any atom is -0.493 e. The molecular formula is C13H9BrClIOS. The quantitative estimate of drug-likeness (QED) is 0.434. The highest BCUT2D eigenvalue weighted by atomic mass is 127. The molecule has 1 aromatic heterocycles. The summed E-state index contributed by atoms with van der Waals surface area (Å²) in [4.78, 5) is 1.24. The van der Waals surface area contributed by atoms with Crippen LogP contribution in [0.1, 0.15) is 20.8 Å². The van der Waals surface area contributed by atoms with Crippen LogP contribution >= 0.6 is 61.5 Å². The van der Waals surface area contributed by atoms with Crippen LogP contribution in [0.4, 0.5) is 0 Å². The lowest BCUT2D eigenvalue weighted by Gasteiger charge is -2.14. The van der Waals surface area contributed by atoms with Crippen LogP contribution < -0.4 is 4.74 Å². The van der Waals surface area contributed by atoms with E-state index in [0.29, 0.717) is 0 Å². The summed E-state index contributed by atoms with van der Waals surface area (Å²) >= 11 is 14.0. The first-order valence-corrected chi connectivity index (χ1v) is 8.74. The number of benzene rings is 1. The highest BCUT2D eigenvalue weighted by Gasteiger charge is 2.24. The van der Waals surface area contributed by atoms with E-state index >= 15 is 0 Å². The monoisotopic (exact) mass is 454 g/mol. The standard InChI is InChI=1S/C13H9BrClIOS/c14-11(13-10(15)2-4-18-13)9-6-8(16)5-7-1-3-17-12(7)9/h2,4-6,11H,1,3H2. The van der Waals surface area contributed by atoms with Crippen molar-refractivity contribution >= 4 is 61.5 Å². The van der Waals surface area contributed by atoms with Gasteiger partial charge in [-0.05, 0) is 51.7 Å². The zero-order chi connectivity index (χ0) is 12.7. The van der Waals surface area contributed by atoms with Gasteiger partial charge in [0.2, 0.25) is 0 Å². The Balaban J connectivity index is 2.10. The van der Waals surface area contributed by atoms with E-state index < -0.39 is 0 Å². The Morgan fingerprint density at radius 3 is 3.00 bits per heavy atom. The predicted molar refractivity (Wildman–Crippen MR) is 88.5 cm³/mol. The summed E-state index contributed by atoms with van der Waals surface area (Å²) < 4.78 is 7.01. The number of alkyl halides is 1. The third-order valence-corrected chi connectivity index (χ3v) is 6.23. The second-order valence-electron chi connectivity index (χ2n) is 4.08. The summed E-state index contributed by atoms with van der Waals surface area (Å²) in [5.41, 5.74) is 2.48. The van der Waals surface area contributed by atoms with Gasteiger partial charge >= 0.3 is 0 Å². The molecule has 1 nitrogen and oxygen atoms in total. The molecule has 5 heteroatoms. The van der Waals surface area contributed by atoms with Crippen molar-refractivity contribution in [2.75, 3.05) is 6.61 Å². The molecule has 0 N–H and O–H groups in total. The van der Waals surface area contributed by atoms with Gasteiger partial charge in [0.05, 0.1) is 16.5 Å². The Kier molecular flexibility index (Phi) is 3.90. The first-order valence-electron chi connectivity index (χ1n) is 5.49. The van der Waals surface area contributed by atoms with Crippen LogP contribution in [0, 0.1) is 3.57 Å². The molecule has 0 bridgehead atoms. The van der Waals surface area contributed by atoms with Crippen LogP contribution in [0.3, 0.4) is 0 Å². The Morgan fingerprint density at radius 2 is 2.28 bits per heavy atom. The van der Waals surface area contributed by atoms with E-state index in [9.17, 15) is 0 Å². The van der Waals surface area contributed by atoms with E-state index in [4.69, 9.17) is 16.3 Å². The number of ether oxygens (including phenoxy) is 1. The van der Waals surface area contributed by atoms with Crippen molar-refractivity contribution in [3.8, 4) is 5.75 Å². The van der Waals surface area contributed by atoms with Crippen LogP contribution in [0.5, 0.6) is 5.75 Å². The highest BCUT2D eigenvalue weighted by molar-refractivity contribution is 14.1. The smallest absolute Gasteiger partial charge is 0.127 e. The van der Waals surface area contributed by atoms with Gasteiger partial charge in [0.15, 0.2) is 0 Å². The lowest BCUT2D eigenvalue weighted by atomic mass is 10.0. The van der Waals surface area contributed by atoms with Crippen molar-refractivity contribution in [2.24, 2.45) is 0 Å². The van der Waals surface area contributed by atoms with Crippen LogP contribution in [0.2, 0.25) is 5.02 Å². The van der Waals surface area contributed by atoms with Crippen LogP contribution in [-0.2, 0) is 6.42 Å². The van der Waals surface area contributed by atoms with Crippen LogP contribution in [0.25, 0.3) is 0 Å². The van der Waals surface area contributed by atoms with E-state index in [0.717, 1.165) is 28.7 Å². The number of fused-ring (bicyclic) bond motifs is 1. The molecule has 0 saturated carbocycles. The number of rotatable bonds is 2. The van der Waals surface area contributed by atoms with Gasteiger partial charge in [-0.15, -0.1) is 11.3 Å². The lowest BCUT2D eigenvalue weighted by molar-refractivity contribution is 0.354. The topological polar surface area (TPSA) is 9.23 Å². The van der Waals surface area contributed by atoms with Gasteiger partial charge in [-0.2, -0.15) is 0 Å². The fraction of sp³-hybridized carbons (Fsp3) is 0.231. The fourth-order valence-corrected chi connectivity index (χ4v) is 5.03. The van der Waals surface area contributed by atoms with E-state index in [1.807, 2.05) is 11.4 Å². The van der Waals surface area contributed by atoms with Gasteiger partial charge in [-0.25, -0.2) is 0 Å². The van der Waals surface area contributed by atoms with Gasteiger partial charge < -0.3 is 4.74 Å². The van der Waals surface area contributed by atoms with E-state index in [-0.39, 0.29) is 4.83 Å². The van der Waals surface area contributed by atoms with E-state index in [1.165, 1.54) is 14.7 Å². The first kappa shape index (κ1) is 13.2. The molecule has 94 valence electrons. The van der Waals surface area contributed by atoms with Crippen molar-refractivity contribution in [1.82, 2.24) is 0 Å². The summed E-state index contributed by atoms with van der Waals surface area (Å²) in [5, 5.41) is 2.83. The largest absolute Gasteiger partial charge is 0.493 e. The van der Waals surface area contributed by atoms with Gasteiger partial charge in [0, 0.05) is 20.4 Å². The Bertz CT molecular complexity index is 599. The van der Waals surface area contributed by atoms with E-state index in [2.05, 4.69) is 50.7 Å². The summed E-state index contributed by atoms with van der Waals surface area (Å²) in [7, 11) is 0. The van der Waals surface area contributed by atoms with Crippen molar-refractivity contribution in [2.45, 2.75) is 11.2 Å². The first-order chi connectivity index (χ1) is 8.66. The molecule has 18 heavy (non-hydrogen) atoms. The Hall–Kier alpha value is 0.220. The van der Waals surface area contributed by atoms with Crippen molar-refractivity contribution in [1.29, 1.82) is 0 Å². The molecule has 0 spiro atoms. The normalized spacial score (nSPS) is 15.3. The molecule has 0 radical (unpaired) electrons. The van der Waals surface area contributed by atoms with Crippen LogP contribution in [0.15, 0.2) is 23.6 Å². The molecule has 1 aromatic carbocycles. The number of thiophene rings is 1. The molecule has 0 fully saturated rings. The van der Waals surface area contributed by atoms with Gasteiger partial charge in [-0.3, -0.25) is 0 Å². The number of hydrogen-bond donors (Lipinski definition) is 0. The Labute approximate surface area is 137 Å². The molecule has 1 unspecified atom stereocenters. The zero-order valence-corrected chi connectivity index (χ0v) is 14.6. The molecule has 2 heterocycles. The molecule has 1 aliphatic rings. The molecule has 1 atom stereocenters. The SMILES string of the molecule is Clc1ccsc1C(Br)c1cc(I)cc2c1OCC2. The third kappa shape index (κ3) is 2.32. The zero-order valence-electron chi connectivity index (χ0n) is 9.25. The molecule has 0 aliphatic carbocycles. The lowest BCUT2D eigenvalue weighted by Crippen LogP contribution is -1.96. The summed E-state index contributed by atoms with van der Waals surface area (Å²) in [5.74, 6) is 1.03. The second-order valence-corrected chi connectivity index (χ2v) is 7.59. The summed E-state index contributed by atoms with van der Waals surface area (Å²) in [6.45, 7) is 0.778. The molecule has 2 aromatic rings. The molecular weight excluding hydrogens is 446 g/mol. The minimum absolute atomic E-state index is 0.103. The summed E-state index contributed by atoms with van der Waals surface area (Å²) in [6, 6.07) is 6.30. The molecule has 0 saturated heterocycles. The van der Waals surface area contributed by atoms with Crippen molar-refractivity contribution in [3.05, 3.63) is 48.2 Å². The maximum atomic E-state index is 6.21. The van der Waals surface area contributed by atoms with E-state index in [1.54, 1.807) is 11.3 Å². The van der Waals surface area contributed by atoms with Gasteiger partial charge in [0.25, 0.3) is 0 Å². The number of halogens is 3. The molecule has 0 amide bonds. The van der Waals surface area contributed by atoms with Crippen molar-refractivity contribution < 1.29 is 4.74 Å². The predicted octanol–water partition coefficient (Wildman–Crippen LogP) is 5.43. The maximum absolute atomic E-state index is 6.21. The maximum Gasteiger partial charge on any atom is 0.127 e. The Morgan fingerprint density at radius 1 is 1.44 bits per heavy atom. The molecule has 3 rings (SSSR count). The fourth-order valence-electron chi connectivity index (χ4n) is 2.11.